The van der Waals surface area contributed by atoms with Crippen molar-refractivity contribution in [2.24, 2.45) is 0 Å². The molecule has 2 N–H and O–H groups in total. The second-order valence-electron chi connectivity index (χ2n) is 5.19. The number of hydrogen-bond donors (Lipinski definition) is 1. The molecule has 0 fully saturated rings. The fourth-order valence-corrected chi connectivity index (χ4v) is 2.46. The van der Waals surface area contributed by atoms with Gasteiger partial charge in [-0.1, -0.05) is 18.2 Å². The van der Waals surface area contributed by atoms with Gasteiger partial charge in [-0.15, -0.1) is 0 Å². The van der Waals surface area contributed by atoms with Gasteiger partial charge in [-0.25, -0.2) is 0 Å². The summed E-state index contributed by atoms with van der Waals surface area (Å²) >= 11 is 0. The second-order valence-corrected chi connectivity index (χ2v) is 5.19. The molecule has 0 bridgehead atoms. The molecule has 1 aromatic carbocycles. The molecule has 1 aliphatic rings. The number of nitrogens with zero attached hydrogens (tertiary/aromatic N) is 1. The molecule has 3 nitrogen and oxygen atoms in total. The molecule has 0 amide bonds. The Bertz CT molecular complexity index is 411. The molecular formula is C16H24N2O. The van der Waals surface area contributed by atoms with Crippen LogP contribution in [0.25, 0.3) is 0 Å². The predicted octanol–water partition coefficient (Wildman–Crippen LogP) is 2.48. The van der Waals surface area contributed by atoms with Crippen LogP contribution in [0.4, 0.5) is 5.69 Å². The number of methoxy groups -OCH3 is 1. The number of anilines is 1. The Morgan fingerprint density at radius 3 is 2.68 bits per heavy atom. The van der Waals surface area contributed by atoms with Crippen molar-refractivity contribution >= 4 is 5.69 Å². The number of aryl methyl sites for hydroxylation is 1. The van der Waals surface area contributed by atoms with Gasteiger partial charge in [-0.3, -0.25) is 4.90 Å². The van der Waals surface area contributed by atoms with Crippen molar-refractivity contribution < 1.29 is 4.74 Å². The zero-order valence-electron chi connectivity index (χ0n) is 11.8. The van der Waals surface area contributed by atoms with E-state index in [9.17, 15) is 0 Å². The highest BCUT2D eigenvalue weighted by molar-refractivity contribution is 5.39. The van der Waals surface area contributed by atoms with E-state index in [-0.39, 0.29) is 0 Å². The van der Waals surface area contributed by atoms with Crippen molar-refractivity contribution in [1.82, 2.24) is 4.90 Å². The molecule has 2 rings (SSSR count). The molecule has 0 atom stereocenters. The molecule has 1 heterocycles. The zero-order chi connectivity index (χ0) is 13.5. The summed E-state index contributed by atoms with van der Waals surface area (Å²) in [5.74, 6) is 0. The Morgan fingerprint density at radius 1 is 1.26 bits per heavy atom. The molecule has 3 heteroatoms. The Kier molecular flexibility index (Phi) is 5.43. The fourth-order valence-electron chi connectivity index (χ4n) is 2.46. The van der Waals surface area contributed by atoms with Crippen molar-refractivity contribution in [2.75, 3.05) is 39.1 Å². The average Bonchev–Trinajstić information content (AvgIpc) is 2.43. The Balaban J connectivity index is 1.68. The summed E-state index contributed by atoms with van der Waals surface area (Å²) in [7, 11) is 1.76. The first-order chi connectivity index (χ1) is 9.28. The lowest BCUT2D eigenvalue weighted by Crippen LogP contribution is -2.30. The van der Waals surface area contributed by atoms with Gasteiger partial charge in [-0.05, 0) is 49.1 Å². The summed E-state index contributed by atoms with van der Waals surface area (Å²) in [5.41, 5.74) is 9.35. The van der Waals surface area contributed by atoms with Crippen LogP contribution in [-0.4, -0.2) is 38.3 Å². The summed E-state index contributed by atoms with van der Waals surface area (Å²) in [5, 5.41) is 0. The van der Waals surface area contributed by atoms with Gasteiger partial charge >= 0.3 is 0 Å². The molecule has 1 aromatic rings. The maximum absolute atomic E-state index is 5.68. The smallest absolute Gasteiger partial charge is 0.0673 e. The van der Waals surface area contributed by atoms with Crippen molar-refractivity contribution in [1.29, 1.82) is 0 Å². The van der Waals surface area contributed by atoms with Crippen molar-refractivity contribution in [3.05, 3.63) is 41.5 Å². The van der Waals surface area contributed by atoms with Gasteiger partial charge in [0.05, 0.1) is 6.61 Å². The Hall–Kier alpha value is -1.32. The molecule has 0 spiro atoms. The molecular weight excluding hydrogens is 236 g/mol. The standard InChI is InChI=1S/C16H24N2O/c1-19-13-15-8-11-18(12-9-15)10-2-3-14-4-6-16(17)7-5-14/h4-8H,2-3,9-13,17H2,1H3. The molecule has 1 aliphatic heterocycles. The lowest BCUT2D eigenvalue weighted by atomic mass is 10.1. The predicted molar refractivity (Wildman–Crippen MR) is 80.2 cm³/mol. The lowest BCUT2D eigenvalue weighted by Gasteiger charge is -2.26. The Labute approximate surface area is 116 Å². The van der Waals surface area contributed by atoms with Gasteiger partial charge in [0.1, 0.15) is 0 Å². The average molecular weight is 260 g/mol. The largest absolute Gasteiger partial charge is 0.399 e. The van der Waals surface area contributed by atoms with Crippen molar-refractivity contribution in [3.8, 4) is 0 Å². The van der Waals surface area contributed by atoms with Crippen LogP contribution in [0, 0.1) is 0 Å². The van der Waals surface area contributed by atoms with Crippen LogP contribution >= 0.6 is 0 Å². The first-order valence-electron chi connectivity index (χ1n) is 7.01. The van der Waals surface area contributed by atoms with Gasteiger partial charge in [0.2, 0.25) is 0 Å². The molecule has 0 aromatic heterocycles. The van der Waals surface area contributed by atoms with E-state index in [1.807, 2.05) is 12.1 Å². The third-order valence-corrected chi connectivity index (χ3v) is 3.64. The van der Waals surface area contributed by atoms with Crippen LogP contribution in [0.15, 0.2) is 35.9 Å². The lowest BCUT2D eigenvalue weighted by molar-refractivity contribution is 0.211. The molecule has 0 radical (unpaired) electrons. The van der Waals surface area contributed by atoms with Gasteiger partial charge in [0, 0.05) is 25.9 Å². The molecule has 0 saturated carbocycles. The summed E-state index contributed by atoms with van der Waals surface area (Å²) in [4.78, 5) is 2.51. The highest BCUT2D eigenvalue weighted by Gasteiger charge is 2.10. The highest BCUT2D eigenvalue weighted by atomic mass is 16.5. The third kappa shape index (κ3) is 4.69. The quantitative estimate of drug-likeness (QED) is 0.631. The summed E-state index contributed by atoms with van der Waals surface area (Å²) in [6.07, 6.45) is 5.80. The molecule has 0 aliphatic carbocycles. The number of nitrogen functional groups attached to an aromatic ring is 1. The normalized spacial score (nSPS) is 16.4. The van der Waals surface area contributed by atoms with Crippen molar-refractivity contribution in [3.63, 3.8) is 0 Å². The summed E-state index contributed by atoms with van der Waals surface area (Å²) in [6.45, 7) is 4.19. The van der Waals surface area contributed by atoms with Crippen molar-refractivity contribution in [2.45, 2.75) is 19.3 Å². The van der Waals surface area contributed by atoms with Crippen LogP contribution in [0.2, 0.25) is 0 Å². The molecule has 104 valence electrons. The van der Waals surface area contributed by atoms with E-state index in [2.05, 4.69) is 23.1 Å². The summed E-state index contributed by atoms with van der Waals surface area (Å²) in [6, 6.07) is 8.22. The fraction of sp³-hybridized carbons (Fsp3) is 0.500. The van der Waals surface area contributed by atoms with Gasteiger partial charge in [0.15, 0.2) is 0 Å². The van der Waals surface area contributed by atoms with Gasteiger partial charge in [-0.2, -0.15) is 0 Å². The number of ether oxygens (including phenoxy) is 1. The molecule has 19 heavy (non-hydrogen) atoms. The highest BCUT2D eigenvalue weighted by Crippen LogP contribution is 2.12. The van der Waals surface area contributed by atoms with Crippen LogP contribution in [0.1, 0.15) is 18.4 Å². The van der Waals surface area contributed by atoms with E-state index in [0.717, 1.165) is 38.2 Å². The number of nitrogens with two attached hydrogens (primary N) is 1. The van der Waals surface area contributed by atoms with E-state index >= 15 is 0 Å². The van der Waals surface area contributed by atoms with Crippen LogP contribution < -0.4 is 5.73 Å². The third-order valence-electron chi connectivity index (χ3n) is 3.64. The maximum Gasteiger partial charge on any atom is 0.0673 e. The van der Waals surface area contributed by atoms with E-state index < -0.39 is 0 Å². The number of hydrogen-bond acceptors (Lipinski definition) is 3. The summed E-state index contributed by atoms with van der Waals surface area (Å²) < 4.78 is 5.17. The topological polar surface area (TPSA) is 38.5 Å². The minimum absolute atomic E-state index is 0.791. The minimum atomic E-state index is 0.791. The van der Waals surface area contributed by atoms with Gasteiger partial charge in [0.25, 0.3) is 0 Å². The number of rotatable bonds is 6. The van der Waals surface area contributed by atoms with Crippen LogP contribution in [0.3, 0.4) is 0 Å². The van der Waals surface area contributed by atoms with E-state index in [4.69, 9.17) is 10.5 Å². The molecule has 0 unspecified atom stereocenters. The van der Waals surface area contributed by atoms with E-state index in [0.29, 0.717) is 0 Å². The van der Waals surface area contributed by atoms with Crippen LogP contribution in [0.5, 0.6) is 0 Å². The second kappa shape index (κ2) is 7.31. The minimum Gasteiger partial charge on any atom is -0.399 e. The first-order valence-corrected chi connectivity index (χ1v) is 7.01. The van der Waals surface area contributed by atoms with E-state index in [1.165, 1.54) is 24.1 Å². The zero-order valence-corrected chi connectivity index (χ0v) is 11.8. The van der Waals surface area contributed by atoms with Gasteiger partial charge < -0.3 is 10.5 Å². The van der Waals surface area contributed by atoms with Crippen LogP contribution in [-0.2, 0) is 11.2 Å². The Morgan fingerprint density at radius 2 is 2.05 bits per heavy atom. The maximum atomic E-state index is 5.68. The van der Waals surface area contributed by atoms with E-state index in [1.54, 1.807) is 7.11 Å². The molecule has 0 saturated heterocycles. The monoisotopic (exact) mass is 260 g/mol. The SMILES string of the molecule is COCC1=CCN(CCCc2ccc(N)cc2)CC1. The first kappa shape index (κ1) is 14.1. The number of benzene rings is 1.